The van der Waals surface area contributed by atoms with E-state index in [1.165, 1.54) is 18.2 Å². The average molecular weight is 568 g/mol. The first-order chi connectivity index (χ1) is 18.0. The van der Waals surface area contributed by atoms with Gasteiger partial charge < -0.3 is 5.32 Å². The number of anilines is 1. The monoisotopic (exact) mass is 567 g/mol. The van der Waals surface area contributed by atoms with Crippen LogP contribution in [0.1, 0.15) is 49.9 Å². The Morgan fingerprint density at radius 2 is 1.89 bits per heavy atom. The quantitative estimate of drug-likeness (QED) is 0.299. The lowest BCUT2D eigenvalue weighted by Gasteiger charge is -2.27. The number of benzene rings is 2. The molecule has 204 valence electrons. The number of halogens is 4. The van der Waals surface area contributed by atoms with Crippen molar-refractivity contribution in [2.75, 3.05) is 5.32 Å². The SMILES string of the molecule is CC[C@H](C[C@@H]1CCC(C)C1S(=O)(=O)c1cc(C(=O)Nc2cc(F)c(F)c(F)c2)ccc1Cl)Cn1cccn1. The second-order valence-electron chi connectivity index (χ2n) is 9.92. The fraction of sp³-hybridized carbons (Fsp3) is 0.407. The number of carbonyl (C=O) groups excluding carboxylic acids is 1. The molecule has 1 amide bonds. The van der Waals surface area contributed by atoms with Crippen LogP contribution in [0.4, 0.5) is 18.9 Å². The summed E-state index contributed by atoms with van der Waals surface area (Å²) in [6, 6.07) is 6.96. The first kappa shape index (κ1) is 28.2. The van der Waals surface area contributed by atoms with Gasteiger partial charge in [-0.25, -0.2) is 21.6 Å². The second kappa shape index (κ2) is 11.5. The summed E-state index contributed by atoms with van der Waals surface area (Å²) < 4.78 is 70.1. The number of nitrogens with zero attached hydrogens (tertiary/aromatic N) is 2. The van der Waals surface area contributed by atoms with Crippen molar-refractivity contribution >= 4 is 33.0 Å². The third-order valence-electron chi connectivity index (χ3n) is 7.34. The van der Waals surface area contributed by atoms with E-state index in [1.807, 2.05) is 23.9 Å². The fourth-order valence-corrected chi connectivity index (χ4v) is 8.26. The van der Waals surface area contributed by atoms with E-state index < -0.39 is 38.4 Å². The Balaban J connectivity index is 1.58. The highest BCUT2D eigenvalue weighted by molar-refractivity contribution is 7.92. The van der Waals surface area contributed by atoms with Gasteiger partial charge in [-0.1, -0.05) is 31.9 Å². The van der Waals surface area contributed by atoms with Crippen LogP contribution < -0.4 is 5.32 Å². The molecule has 0 radical (unpaired) electrons. The topological polar surface area (TPSA) is 81.1 Å². The minimum Gasteiger partial charge on any atom is -0.322 e. The zero-order chi connectivity index (χ0) is 27.6. The number of hydrogen-bond donors (Lipinski definition) is 1. The highest BCUT2D eigenvalue weighted by Gasteiger charge is 2.44. The van der Waals surface area contributed by atoms with Crippen LogP contribution in [0, 0.1) is 35.2 Å². The second-order valence-corrected chi connectivity index (χ2v) is 12.4. The molecule has 4 atom stereocenters. The molecule has 0 bridgehead atoms. The van der Waals surface area contributed by atoms with Gasteiger partial charge in [-0.3, -0.25) is 9.48 Å². The van der Waals surface area contributed by atoms with Crippen LogP contribution in [0.15, 0.2) is 53.7 Å². The van der Waals surface area contributed by atoms with E-state index in [0.717, 1.165) is 19.3 Å². The maximum atomic E-state index is 13.9. The normalized spacial score (nSPS) is 20.4. The minimum atomic E-state index is -3.94. The molecular weight excluding hydrogens is 539 g/mol. The average Bonchev–Trinajstić information content (AvgIpc) is 3.51. The summed E-state index contributed by atoms with van der Waals surface area (Å²) in [6.45, 7) is 4.69. The van der Waals surface area contributed by atoms with Gasteiger partial charge in [0.25, 0.3) is 5.91 Å². The third kappa shape index (κ3) is 5.91. The molecule has 3 aromatic rings. The summed E-state index contributed by atoms with van der Waals surface area (Å²) in [5.74, 6) is -5.34. The van der Waals surface area contributed by atoms with E-state index >= 15 is 0 Å². The number of rotatable bonds is 9. The summed E-state index contributed by atoms with van der Waals surface area (Å²) in [7, 11) is -3.94. The number of amides is 1. The van der Waals surface area contributed by atoms with Crippen molar-refractivity contribution in [2.45, 2.75) is 56.2 Å². The number of nitrogens with one attached hydrogen (secondary N) is 1. The largest absolute Gasteiger partial charge is 0.322 e. The third-order valence-corrected chi connectivity index (χ3v) is 10.3. The van der Waals surface area contributed by atoms with E-state index in [0.29, 0.717) is 25.1 Å². The Morgan fingerprint density at radius 1 is 1.18 bits per heavy atom. The van der Waals surface area contributed by atoms with Crippen molar-refractivity contribution in [2.24, 2.45) is 17.8 Å². The Kier molecular flexibility index (Phi) is 8.52. The molecule has 6 nitrogen and oxygen atoms in total. The molecular formula is C27H29ClF3N3O3S. The molecule has 38 heavy (non-hydrogen) atoms. The van der Waals surface area contributed by atoms with E-state index in [1.54, 1.807) is 6.20 Å². The van der Waals surface area contributed by atoms with E-state index in [-0.39, 0.29) is 38.9 Å². The van der Waals surface area contributed by atoms with Crippen LogP contribution in [0.5, 0.6) is 0 Å². The first-order valence-corrected chi connectivity index (χ1v) is 14.4. The van der Waals surface area contributed by atoms with Crippen LogP contribution in [-0.2, 0) is 16.4 Å². The summed E-state index contributed by atoms with van der Waals surface area (Å²) >= 11 is 6.34. The molecule has 1 N–H and O–H groups in total. The first-order valence-electron chi connectivity index (χ1n) is 12.5. The Hall–Kier alpha value is -2.85. The van der Waals surface area contributed by atoms with Crippen LogP contribution in [0.25, 0.3) is 0 Å². The maximum absolute atomic E-state index is 13.9. The number of aromatic nitrogens is 2. The zero-order valence-corrected chi connectivity index (χ0v) is 22.6. The lowest BCUT2D eigenvalue weighted by molar-refractivity contribution is 0.102. The van der Waals surface area contributed by atoms with Gasteiger partial charge in [0, 0.05) is 42.3 Å². The lowest BCUT2D eigenvalue weighted by Crippen LogP contribution is -2.32. The van der Waals surface area contributed by atoms with Gasteiger partial charge in [0.2, 0.25) is 0 Å². The van der Waals surface area contributed by atoms with Gasteiger partial charge in [0.05, 0.1) is 15.2 Å². The van der Waals surface area contributed by atoms with Gasteiger partial charge in [-0.2, -0.15) is 5.10 Å². The molecule has 1 heterocycles. The molecule has 1 saturated carbocycles. The highest BCUT2D eigenvalue weighted by atomic mass is 35.5. The van der Waals surface area contributed by atoms with E-state index in [4.69, 9.17) is 11.6 Å². The number of carbonyl (C=O) groups is 1. The van der Waals surface area contributed by atoms with Crippen molar-refractivity contribution in [1.82, 2.24) is 9.78 Å². The molecule has 0 aliphatic heterocycles. The van der Waals surface area contributed by atoms with Crippen molar-refractivity contribution in [3.8, 4) is 0 Å². The van der Waals surface area contributed by atoms with Gasteiger partial charge in [0.1, 0.15) is 0 Å². The van der Waals surface area contributed by atoms with Crippen molar-refractivity contribution in [3.05, 3.63) is 76.8 Å². The Labute approximate surface area is 225 Å². The Morgan fingerprint density at radius 3 is 2.53 bits per heavy atom. The standard InChI is InChI=1S/C27H29ClF3N3O3S/c1-3-17(15-34-10-4-9-32-34)11-18-6-5-16(2)26(18)38(36,37)24-12-19(7-8-21(24)28)27(35)33-20-13-22(29)25(31)23(30)14-20/h4,7-10,12-14,16-18,26H,3,5-6,11,15H2,1-2H3,(H,33,35)/t16?,17-,18+,26?/m1/s1. The molecule has 4 rings (SSSR count). The van der Waals surface area contributed by atoms with Crippen LogP contribution >= 0.6 is 11.6 Å². The minimum absolute atomic E-state index is 0.0122. The molecule has 11 heteroatoms. The van der Waals surface area contributed by atoms with Gasteiger partial charge in [-0.05, 0) is 61.3 Å². The summed E-state index contributed by atoms with van der Waals surface area (Å²) in [5.41, 5.74) is -0.372. The Bertz CT molecular complexity index is 1390. The molecule has 1 aromatic heterocycles. The molecule has 1 aliphatic carbocycles. The van der Waals surface area contributed by atoms with E-state index in [2.05, 4.69) is 17.3 Å². The molecule has 0 spiro atoms. The van der Waals surface area contributed by atoms with Crippen LogP contribution in [-0.4, -0.2) is 29.4 Å². The zero-order valence-electron chi connectivity index (χ0n) is 21.0. The molecule has 1 aliphatic rings. The number of sulfone groups is 1. The predicted octanol–water partition coefficient (Wildman–Crippen LogP) is 6.51. The van der Waals surface area contributed by atoms with Crippen molar-refractivity contribution in [3.63, 3.8) is 0 Å². The van der Waals surface area contributed by atoms with Gasteiger partial charge >= 0.3 is 0 Å². The van der Waals surface area contributed by atoms with E-state index in [9.17, 15) is 26.4 Å². The molecule has 0 saturated heterocycles. The summed E-state index contributed by atoms with van der Waals surface area (Å²) in [5, 5.41) is 5.86. The predicted molar refractivity (Wildman–Crippen MR) is 139 cm³/mol. The summed E-state index contributed by atoms with van der Waals surface area (Å²) in [6.07, 6.45) is 6.71. The maximum Gasteiger partial charge on any atom is 0.255 e. The molecule has 1 fully saturated rings. The highest BCUT2D eigenvalue weighted by Crippen LogP contribution is 2.43. The molecule has 2 unspecified atom stereocenters. The van der Waals surface area contributed by atoms with Gasteiger partial charge in [0.15, 0.2) is 27.3 Å². The number of hydrogen-bond acceptors (Lipinski definition) is 4. The summed E-state index contributed by atoms with van der Waals surface area (Å²) in [4.78, 5) is 12.6. The van der Waals surface area contributed by atoms with Gasteiger partial charge in [-0.15, -0.1) is 0 Å². The molecule has 2 aromatic carbocycles. The smallest absolute Gasteiger partial charge is 0.255 e. The van der Waals surface area contributed by atoms with Crippen molar-refractivity contribution < 1.29 is 26.4 Å². The van der Waals surface area contributed by atoms with Crippen LogP contribution in [0.3, 0.4) is 0 Å². The van der Waals surface area contributed by atoms with Crippen molar-refractivity contribution in [1.29, 1.82) is 0 Å². The lowest BCUT2D eigenvalue weighted by atomic mass is 9.90. The fourth-order valence-electron chi connectivity index (χ4n) is 5.39. The van der Waals surface area contributed by atoms with Crippen LogP contribution in [0.2, 0.25) is 5.02 Å².